The van der Waals surface area contributed by atoms with Crippen LogP contribution >= 0.6 is 24.0 Å². The summed E-state index contributed by atoms with van der Waals surface area (Å²) in [5.41, 5.74) is 1.06. The van der Waals surface area contributed by atoms with Crippen LogP contribution in [-0.4, -0.2) is 47.9 Å². The third kappa shape index (κ3) is 8.71. The lowest BCUT2D eigenvalue weighted by Gasteiger charge is -2.13. The van der Waals surface area contributed by atoms with Gasteiger partial charge in [0.25, 0.3) is 5.91 Å². The molecular weight excluding hydrogens is 483 g/mol. The van der Waals surface area contributed by atoms with Gasteiger partial charge in [0, 0.05) is 45.1 Å². The highest BCUT2D eigenvalue weighted by Gasteiger charge is 2.23. The minimum Gasteiger partial charge on any atom is -0.484 e. The van der Waals surface area contributed by atoms with Gasteiger partial charge in [-0.15, -0.1) is 24.0 Å². The summed E-state index contributed by atoms with van der Waals surface area (Å²) in [6.07, 6.45) is 6.84. The molecule has 1 aromatic carbocycles. The lowest BCUT2D eigenvalue weighted by Crippen LogP contribution is -2.37. The Morgan fingerprint density at radius 2 is 2.17 bits per heavy atom. The van der Waals surface area contributed by atoms with E-state index >= 15 is 0 Å². The molecule has 3 N–H and O–H groups in total. The molecule has 0 bridgehead atoms. The lowest BCUT2D eigenvalue weighted by molar-refractivity contribution is -0.123. The van der Waals surface area contributed by atoms with E-state index in [0.29, 0.717) is 18.3 Å². The van der Waals surface area contributed by atoms with E-state index in [-0.39, 0.29) is 36.5 Å². The van der Waals surface area contributed by atoms with Gasteiger partial charge in [0.2, 0.25) is 0 Å². The van der Waals surface area contributed by atoms with Gasteiger partial charge in [-0.1, -0.05) is 12.1 Å². The molecule has 0 saturated heterocycles. The number of rotatable bonds is 10. The second kappa shape index (κ2) is 12.3. The maximum atomic E-state index is 11.7. The van der Waals surface area contributed by atoms with Crippen LogP contribution in [0.5, 0.6) is 5.75 Å². The zero-order chi connectivity index (χ0) is 19.6. The number of guanidine groups is 1. The first-order chi connectivity index (χ1) is 13.7. The molecule has 1 aliphatic rings. The molecule has 1 saturated carbocycles. The highest BCUT2D eigenvalue weighted by molar-refractivity contribution is 14.0. The number of amides is 1. The van der Waals surface area contributed by atoms with Crippen LogP contribution < -0.4 is 20.7 Å². The van der Waals surface area contributed by atoms with Crippen LogP contribution in [0.4, 0.5) is 0 Å². The van der Waals surface area contributed by atoms with E-state index in [1.54, 1.807) is 13.2 Å². The molecule has 29 heavy (non-hydrogen) atoms. The predicted molar refractivity (Wildman–Crippen MR) is 124 cm³/mol. The Balaban J connectivity index is 0.00000300. The van der Waals surface area contributed by atoms with Crippen LogP contribution in [0.25, 0.3) is 0 Å². The first kappa shape index (κ1) is 23.0. The lowest BCUT2D eigenvalue weighted by atomic mass is 10.2. The fourth-order valence-corrected chi connectivity index (χ4v) is 2.68. The molecule has 2 aromatic rings. The largest absolute Gasteiger partial charge is 0.484 e. The van der Waals surface area contributed by atoms with Gasteiger partial charge < -0.3 is 20.7 Å². The molecule has 0 spiro atoms. The summed E-state index contributed by atoms with van der Waals surface area (Å²) in [6.45, 7) is 2.33. The maximum absolute atomic E-state index is 11.7. The van der Waals surface area contributed by atoms with Gasteiger partial charge in [-0.2, -0.15) is 5.10 Å². The van der Waals surface area contributed by atoms with Crippen LogP contribution in [0, 0.1) is 0 Å². The molecule has 9 heteroatoms. The number of benzene rings is 1. The Bertz CT molecular complexity index is 777. The average Bonchev–Trinajstić information content (AvgIpc) is 3.37. The summed E-state index contributed by atoms with van der Waals surface area (Å²) >= 11 is 0. The number of aryl methyl sites for hydroxylation is 1. The number of hydrogen-bond acceptors (Lipinski definition) is 4. The van der Waals surface area contributed by atoms with E-state index in [1.165, 1.54) is 0 Å². The number of carbonyl (C=O) groups excluding carboxylic acids is 1. The van der Waals surface area contributed by atoms with Crippen molar-refractivity contribution in [2.24, 2.45) is 4.99 Å². The molecule has 1 heterocycles. The third-order valence-electron chi connectivity index (χ3n) is 4.31. The van der Waals surface area contributed by atoms with Crippen LogP contribution in [0.15, 0.2) is 47.7 Å². The number of carbonyl (C=O) groups is 1. The zero-order valence-corrected chi connectivity index (χ0v) is 19.0. The molecule has 1 fully saturated rings. The molecule has 1 aromatic heterocycles. The van der Waals surface area contributed by atoms with Gasteiger partial charge in [0.15, 0.2) is 12.6 Å². The SMILES string of the molecule is CN=C(NCCCn1cccn1)NCc1cccc(OCC(=O)NC2CC2)c1.I. The first-order valence-corrected chi connectivity index (χ1v) is 9.66. The number of halogens is 1. The van der Waals surface area contributed by atoms with Crippen molar-refractivity contribution in [3.05, 3.63) is 48.3 Å². The number of aliphatic imine (C=N–C) groups is 1. The van der Waals surface area contributed by atoms with Crippen molar-refractivity contribution < 1.29 is 9.53 Å². The Morgan fingerprint density at radius 1 is 1.31 bits per heavy atom. The quantitative estimate of drug-likeness (QED) is 0.196. The summed E-state index contributed by atoms with van der Waals surface area (Å²) in [6, 6.07) is 10.00. The zero-order valence-electron chi connectivity index (χ0n) is 16.6. The second-order valence-corrected chi connectivity index (χ2v) is 6.75. The number of hydrogen-bond donors (Lipinski definition) is 3. The number of nitrogens with zero attached hydrogens (tertiary/aromatic N) is 3. The van der Waals surface area contributed by atoms with Gasteiger partial charge in [-0.05, 0) is 43.0 Å². The molecule has 0 radical (unpaired) electrons. The normalized spacial score (nSPS) is 13.3. The topological polar surface area (TPSA) is 92.6 Å². The second-order valence-electron chi connectivity index (χ2n) is 6.75. The minimum atomic E-state index is -0.0641. The van der Waals surface area contributed by atoms with Gasteiger partial charge >= 0.3 is 0 Å². The highest BCUT2D eigenvalue weighted by Crippen LogP contribution is 2.18. The number of ether oxygens (including phenoxy) is 1. The van der Waals surface area contributed by atoms with Gasteiger partial charge in [0.05, 0.1) is 0 Å². The highest BCUT2D eigenvalue weighted by atomic mass is 127. The standard InChI is InChI=1S/C20H28N6O2.HI/c1-21-20(22-9-3-11-26-12-4-10-24-26)23-14-16-5-2-6-18(13-16)28-15-19(27)25-17-7-8-17;/h2,4-6,10,12-13,17H,3,7-9,11,14-15H2,1H3,(H,25,27)(H2,21,22,23);1H. The Labute approximate surface area is 188 Å². The van der Waals surface area contributed by atoms with Gasteiger partial charge in [-0.3, -0.25) is 14.5 Å². The molecular formula is C20H29IN6O2. The fraction of sp³-hybridized carbons (Fsp3) is 0.450. The van der Waals surface area contributed by atoms with E-state index in [2.05, 4.69) is 26.0 Å². The van der Waals surface area contributed by atoms with Crippen molar-refractivity contribution in [1.82, 2.24) is 25.7 Å². The minimum absolute atomic E-state index is 0. The van der Waals surface area contributed by atoms with Crippen molar-refractivity contribution in [2.75, 3.05) is 20.2 Å². The summed E-state index contributed by atoms with van der Waals surface area (Å²) in [7, 11) is 1.75. The smallest absolute Gasteiger partial charge is 0.258 e. The van der Waals surface area contributed by atoms with Crippen molar-refractivity contribution >= 4 is 35.8 Å². The van der Waals surface area contributed by atoms with E-state index < -0.39 is 0 Å². The van der Waals surface area contributed by atoms with E-state index in [4.69, 9.17) is 4.74 Å². The first-order valence-electron chi connectivity index (χ1n) is 9.66. The van der Waals surface area contributed by atoms with E-state index in [9.17, 15) is 4.79 Å². The van der Waals surface area contributed by atoms with Crippen molar-refractivity contribution in [2.45, 2.75) is 38.4 Å². The van der Waals surface area contributed by atoms with Crippen LogP contribution in [0.1, 0.15) is 24.8 Å². The monoisotopic (exact) mass is 512 g/mol. The summed E-state index contributed by atoms with van der Waals surface area (Å²) < 4.78 is 7.50. The summed E-state index contributed by atoms with van der Waals surface area (Å²) in [5.74, 6) is 1.37. The van der Waals surface area contributed by atoms with Gasteiger partial charge in [-0.25, -0.2) is 0 Å². The van der Waals surface area contributed by atoms with Crippen molar-refractivity contribution in [1.29, 1.82) is 0 Å². The fourth-order valence-electron chi connectivity index (χ4n) is 2.68. The van der Waals surface area contributed by atoms with E-state index in [0.717, 1.165) is 43.9 Å². The summed E-state index contributed by atoms with van der Waals surface area (Å²) in [5, 5.41) is 13.7. The predicted octanol–water partition coefficient (Wildman–Crippen LogP) is 1.91. The van der Waals surface area contributed by atoms with Crippen molar-refractivity contribution in [3.63, 3.8) is 0 Å². The molecule has 1 aliphatic carbocycles. The van der Waals surface area contributed by atoms with E-state index in [1.807, 2.05) is 41.2 Å². The Kier molecular flexibility index (Phi) is 9.75. The third-order valence-corrected chi connectivity index (χ3v) is 4.31. The van der Waals surface area contributed by atoms with Crippen LogP contribution in [0.2, 0.25) is 0 Å². The Hall–Kier alpha value is -2.30. The molecule has 1 amide bonds. The molecule has 8 nitrogen and oxygen atoms in total. The van der Waals surface area contributed by atoms with Crippen LogP contribution in [-0.2, 0) is 17.9 Å². The molecule has 3 rings (SSSR count). The van der Waals surface area contributed by atoms with Crippen molar-refractivity contribution in [3.8, 4) is 5.75 Å². The maximum Gasteiger partial charge on any atom is 0.258 e. The van der Waals surface area contributed by atoms with Crippen LogP contribution in [0.3, 0.4) is 0 Å². The molecule has 0 aliphatic heterocycles. The average molecular weight is 512 g/mol. The molecule has 0 unspecified atom stereocenters. The molecule has 0 atom stereocenters. The van der Waals surface area contributed by atoms with Gasteiger partial charge in [0.1, 0.15) is 5.75 Å². The Morgan fingerprint density at radius 3 is 2.90 bits per heavy atom. The molecule has 158 valence electrons. The number of aromatic nitrogens is 2. The number of nitrogens with one attached hydrogen (secondary N) is 3. The summed E-state index contributed by atoms with van der Waals surface area (Å²) in [4.78, 5) is 16.0.